The lowest BCUT2D eigenvalue weighted by Crippen LogP contribution is -2.54. The number of carbonyl (C=O) groups excluding carboxylic acids is 2. The number of methoxy groups -OCH3 is 3. The molecule has 11 nitrogen and oxygen atoms in total. The third-order valence-corrected chi connectivity index (χ3v) is 5.48. The highest BCUT2D eigenvalue weighted by Gasteiger charge is 2.33. The molecule has 0 aliphatic heterocycles. The summed E-state index contributed by atoms with van der Waals surface area (Å²) in [7, 11) is 4.61. The number of anilines is 1. The van der Waals surface area contributed by atoms with Gasteiger partial charge in [0.2, 0.25) is 11.7 Å². The van der Waals surface area contributed by atoms with Crippen LogP contribution < -0.4 is 24.4 Å². The molecule has 0 saturated heterocycles. The number of aromatic nitrogens is 4. The molecule has 3 rings (SSSR count). The normalized spacial score (nSPS) is 12.0. The first-order chi connectivity index (χ1) is 17.6. The van der Waals surface area contributed by atoms with Gasteiger partial charge in [0, 0.05) is 11.1 Å². The van der Waals surface area contributed by atoms with Crippen molar-refractivity contribution in [1.82, 2.24) is 25.5 Å². The van der Waals surface area contributed by atoms with Crippen LogP contribution in [0.25, 0.3) is 11.4 Å². The Kier molecular flexibility index (Phi) is 8.69. The number of ether oxygens (including phenoxy) is 3. The number of nitrogens with zero attached hydrogens (tertiary/aromatic N) is 5. The first-order valence-electron chi connectivity index (χ1n) is 11.9. The molecule has 37 heavy (non-hydrogen) atoms. The number of rotatable bonds is 10. The van der Waals surface area contributed by atoms with Gasteiger partial charge in [0.05, 0.1) is 27.0 Å². The summed E-state index contributed by atoms with van der Waals surface area (Å²) in [6, 6.07) is 11.5. The highest BCUT2D eigenvalue weighted by Crippen LogP contribution is 2.32. The number of hydrogen-bond acceptors (Lipinski definition) is 8. The summed E-state index contributed by atoms with van der Waals surface area (Å²) < 4.78 is 16.1. The molecule has 3 aromatic rings. The SMILES string of the molecule is CCC(C(=O)NC(C)(C)C)N(C(=O)Cn1nnc(-c2ccc(OC)c(OC)c2)n1)c1ccccc1OC. The Morgan fingerprint density at radius 3 is 2.30 bits per heavy atom. The van der Waals surface area contributed by atoms with Crippen LogP contribution in [-0.2, 0) is 16.1 Å². The lowest BCUT2D eigenvalue weighted by molar-refractivity contribution is -0.128. The molecule has 198 valence electrons. The van der Waals surface area contributed by atoms with Gasteiger partial charge in [0.25, 0.3) is 5.91 Å². The van der Waals surface area contributed by atoms with Gasteiger partial charge in [0.15, 0.2) is 11.5 Å². The van der Waals surface area contributed by atoms with Crippen LogP contribution in [0.3, 0.4) is 0 Å². The molecule has 1 N–H and O–H groups in total. The summed E-state index contributed by atoms with van der Waals surface area (Å²) in [6.45, 7) is 7.29. The number of amides is 2. The van der Waals surface area contributed by atoms with Crippen LogP contribution in [0.2, 0.25) is 0 Å². The summed E-state index contributed by atoms with van der Waals surface area (Å²) in [6.07, 6.45) is 0.382. The van der Waals surface area contributed by atoms with Gasteiger partial charge in [-0.2, -0.15) is 4.80 Å². The van der Waals surface area contributed by atoms with Crippen molar-refractivity contribution in [3.05, 3.63) is 42.5 Å². The van der Waals surface area contributed by atoms with Crippen molar-refractivity contribution >= 4 is 17.5 Å². The van der Waals surface area contributed by atoms with Crippen LogP contribution >= 0.6 is 0 Å². The molecule has 0 spiro atoms. The molecule has 0 saturated carbocycles. The summed E-state index contributed by atoms with van der Waals surface area (Å²) in [5.41, 5.74) is 0.655. The van der Waals surface area contributed by atoms with Crippen LogP contribution in [0.15, 0.2) is 42.5 Å². The lowest BCUT2D eigenvalue weighted by atomic mass is 10.1. The van der Waals surface area contributed by atoms with E-state index in [4.69, 9.17) is 14.2 Å². The Balaban J connectivity index is 1.94. The molecule has 0 aliphatic rings. The molecule has 1 heterocycles. The second-order valence-corrected chi connectivity index (χ2v) is 9.31. The third-order valence-electron chi connectivity index (χ3n) is 5.48. The zero-order chi connectivity index (χ0) is 27.2. The summed E-state index contributed by atoms with van der Waals surface area (Å²) in [5.74, 6) is 1.21. The molecule has 1 atom stereocenters. The van der Waals surface area contributed by atoms with Crippen molar-refractivity contribution in [1.29, 1.82) is 0 Å². The van der Waals surface area contributed by atoms with Gasteiger partial charge in [-0.25, -0.2) is 0 Å². The number of hydrogen-bond donors (Lipinski definition) is 1. The highest BCUT2D eigenvalue weighted by molar-refractivity contribution is 6.01. The quantitative estimate of drug-likeness (QED) is 0.442. The van der Waals surface area contributed by atoms with E-state index >= 15 is 0 Å². The van der Waals surface area contributed by atoms with Crippen LogP contribution in [0.4, 0.5) is 5.69 Å². The maximum absolute atomic E-state index is 13.7. The molecule has 0 fully saturated rings. The molecular formula is C26H34N6O5. The van der Waals surface area contributed by atoms with Gasteiger partial charge < -0.3 is 19.5 Å². The van der Waals surface area contributed by atoms with E-state index in [-0.39, 0.29) is 12.5 Å². The Morgan fingerprint density at radius 1 is 1.00 bits per heavy atom. The number of benzene rings is 2. The smallest absolute Gasteiger partial charge is 0.251 e. The largest absolute Gasteiger partial charge is 0.495 e. The number of nitrogens with one attached hydrogen (secondary N) is 1. The topological polar surface area (TPSA) is 121 Å². The van der Waals surface area contributed by atoms with Gasteiger partial charge in [-0.05, 0) is 62.7 Å². The minimum absolute atomic E-state index is 0.238. The zero-order valence-electron chi connectivity index (χ0n) is 22.3. The Bertz CT molecular complexity index is 1240. The van der Waals surface area contributed by atoms with E-state index < -0.39 is 17.5 Å². The second kappa shape index (κ2) is 11.7. The molecule has 0 bridgehead atoms. The van der Waals surface area contributed by atoms with Crippen molar-refractivity contribution in [2.75, 3.05) is 26.2 Å². The predicted molar refractivity (Wildman–Crippen MR) is 139 cm³/mol. The maximum Gasteiger partial charge on any atom is 0.251 e. The predicted octanol–water partition coefficient (Wildman–Crippen LogP) is 3.09. The monoisotopic (exact) mass is 510 g/mol. The minimum Gasteiger partial charge on any atom is -0.495 e. The average molecular weight is 511 g/mol. The number of para-hydroxylation sites is 2. The molecule has 11 heteroatoms. The van der Waals surface area contributed by atoms with E-state index in [0.717, 1.165) is 0 Å². The molecule has 2 amide bonds. The minimum atomic E-state index is -0.781. The van der Waals surface area contributed by atoms with Gasteiger partial charge in [-0.3, -0.25) is 14.5 Å². The first kappa shape index (κ1) is 27.4. The van der Waals surface area contributed by atoms with E-state index in [9.17, 15) is 9.59 Å². The van der Waals surface area contributed by atoms with E-state index in [2.05, 4.69) is 20.7 Å². The van der Waals surface area contributed by atoms with Crippen molar-refractivity contribution in [3.63, 3.8) is 0 Å². The van der Waals surface area contributed by atoms with Crippen LogP contribution in [0.5, 0.6) is 17.2 Å². The molecule has 2 aromatic carbocycles. The second-order valence-electron chi connectivity index (χ2n) is 9.31. The van der Waals surface area contributed by atoms with E-state index in [1.807, 2.05) is 27.7 Å². The lowest BCUT2D eigenvalue weighted by Gasteiger charge is -2.33. The summed E-state index contributed by atoms with van der Waals surface area (Å²) >= 11 is 0. The van der Waals surface area contributed by atoms with E-state index in [0.29, 0.717) is 40.7 Å². The average Bonchev–Trinajstić information content (AvgIpc) is 3.33. The van der Waals surface area contributed by atoms with Crippen LogP contribution in [-0.4, -0.2) is 64.9 Å². The van der Waals surface area contributed by atoms with Gasteiger partial charge >= 0.3 is 0 Å². The van der Waals surface area contributed by atoms with Crippen LogP contribution in [0, 0.1) is 0 Å². The standard InChI is InChI=1S/C26H34N6O5/c1-8-18(25(34)27-26(2,3)4)32(19-11-9-10-12-20(19)35-5)23(33)16-31-29-24(28-30-31)17-13-14-21(36-6)22(15-17)37-7/h9-15,18H,8,16H2,1-7H3,(H,27,34). The van der Waals surface area contributed by atoms with Crippen molar-refractivity contribution in [3.8, 4) is 28.6 Å². The fraction of sp³-hybridized carbons (Fsp3) is 0.423. The summed E-state index contributed by atoms with van der Waals surface area (Å²) in [4.78, 5) is 29.6. The van der Waals surface area contributed by atoms with E-state index in [1.54, 1.807) is 49.6 Å². The third kappa shape index (κ3) is 6.54. The van der Waals surface area contributed by atoms with Crippen molar-refractivity contribution in [2.45, 2.75) is 52.2 Å². The number of tetrazole rings is 1. The van der Waals surface area contributed by atoms with Gasteiger partial charge in [0.1, 0.15) is 18.3 Å². The molecular weight excluding hydrogens is 476 g/mol. The highest BCUT2D eigenvalue weighted by atomic mass is 16.5. The van der Waals surface area contributed by atoms with Gasteiger partial charge in [-0.1, -0.05) is 19.1 Å². The van der Waals surface area contributed by atoms with Crippen molar-refractivity contribution in [2.24, 2.45) is 0 Å². The molecule has 0 radical (unpaired) electrons. The first-order valence-corrected chi connectivity index (χ1v) is 11.9. The Morgan fingerprint density at radius 2 is 1.68 bits per heavy atom. The number of carbonyl (C=O) groups is 2. The maximum atomic E-state index is 13.7. The zero-order valence-corrected chi connectivity index (χ0v) is 22.3. The molecule has 1 unspecified atom stereocenters. The van der Waals surface area contributed by atoms with Crippen LogP contribution in [0.1, 0.15) is 34.1 Å². The Labute approximate surface area is 216 Å². The van der Waals surface area contributed by atoms with E-state index in [1.165, 1.54) is 23.9 Å². The fourth-order valence-electron chi connectivity index (χ4n) is 3.84. The fourth-order valence-corrected chi connectivity index (χ4v) is 3.84. The molecule has 1 aromatic heterocycles. The summed E-state index contributed by atoms with van der Waals surface area (Å²) in [5, 5.41) is 15.5. The molecule has 0 aliphatic carbocycles. The van der Waals surface area contributed by atoms with Crippen molar-refractivity contribution < 1.29 is 23.8 Å². The Hall–Kier alpha value is -4.15. The van der Waals surface area contributed by atoms with Gasteiger partial charge in [-0.15, -0.1) is 10.2 Å².